The molecule has 0 aromatic carbocycles. The van der Waals surface area contributed by atoms with Crippen LogP contribution in [0.5, 0.6) is 0 Å². The summed E-state index contributed by atoms with van der Waals surface area (Å²) in [5.41, 5.74) is -0.735. The summed E-state index contributed by atoms with van der Waals surface area (Å²) in [7, 11) is 1.80. The summed E-state index contributed by atoms with van der Waals surface area (Å²) >= 11 is 1.86. The Kier molecular flexibility index (Phi) is 4.60. The SMILES string of the molecule is CN(C(=O)NCC1(C(=O)O)CCCC1)C1CCSC1. The van der Waals surface area contributed by atoms with Gasteiger partial charge in [0.25, 0.3) is 0 Å². The van der Waals surface area contributed by atoms with E-state index < -0.39 is 11.4 Å². The van der Waals surface area contributed by atoms with Crippen molar-refractivity contribution in [3.05, 3.63) is 0 Å². The predicted molar refractivity (Wildman–Crippen MR) is 75.4 cm³/mol. The monoisotopic (exact) mass is 286 g/mol. The Morgan fingerprint density at radius 1 is 1.42 bits per heavy atom. The number of aliphatic carboxylic acids is 1. The normalized spacial score (nSPS) is 25.2. The first-order valence-corrected chi connectivity index (χ1v) is 8.02. The fourth-order valence-corrected chi connectivity index (χ4v) is 4.15. The summed E-state index contributed by atoms with van der Waals surface area (Å²) in [5, 5.41) is 12.2. The number of amides is 2. The summed E-state index contributed by atoms with van der Waals surface area (Å²) in [4.78, 5) is 25.2. The van der Waals surface area contributed by atoms with Gasteiger partial charge in [0.15, 0.2) is 0 Å². The van der Waals surface area contributed by atoms with Gasteiger partial charge in [-0.25, -0.2) is 4.79 Å². The van der Waals surface area contributed by atoms with Gasteiger partial charge in [0.1, 0.15) is 0 Å². The third-order valence-corrected chi connectivity index (χ3v) is 5.51. The van der Waals surface area contributed by atoms with E-state index in [9.17, 15) is 14.7 Å². The van der Waals surface area contributed by atoms with E-state index in [1.54, 1.807) is 11.9 Å². The van der Waals surface area contributed by atoms with Crippen LogP contribution in [0, 0.1) is 5.41 Å². The molecule has 1 unspecified atom stereocenters. The van der Waals surface area contributed by atoms with Gasteiger partial charge < -0.3 is 15.3 Å². The lowest BCUT2D eigenvalue weighted by molar-refractivity contribution is -0.148. The molecule has 19 heavy (non-hydrogen) atoms. The number of nitrogens with one attached hydrogen (secondary N) is 1. The average molecular weight is 286 g/mol. The van der Waals surface area contributed by atoms with Crippen molar-refractivity contribution in [3.8, 4) is 0 Å². The third-order valence-electron chi connectivity index (χ3n) is 4.37. The van der Waals surface area contributed by atoms with Crippen LogP contribution in [-0.2, 0) is 4.79 Å². The minimum absolute atomic E-state index is 0.139. The number of nitrogens with zero attached hydrogens (tertiary/aromatic N) is 1. The number of carboxylic acid groups (broad SMARTS) is 1. The van der Waals surface area contributed by atoms with Crippen molar-refractivity contribution in [2.75, 3.05) is 25.1 Å². The van der Waals surface area contributed by atoms with Crippen molar-refractivity contribution in [2.45, 2.75) is 38.1 Å². The maximum Gasteiger partial charge on any atom is 0.317 e. The second kappa shape index (κ2) is 6.03. The van der Waals surface area contributed by atoms with Gasteiger partial charge in [-0.3, -0.25) is 4.79 Å². The van der Waals surface area contributed by atoms with Gasteiger partial charge in [-0.05, 0) is 25.0 Å². The quantitative estimate of drug-likeness (QED) is 0.826. The van der Waals surface area contributed by atoms with E-state index in [0.29, 0.717) is 12.8 Å². The zero-order valence-corrected chi connectivity index (χ0v) is 12.2. The van der Waals surface area contributed by atoms with E-state index in [4.69, 9.17) is 0 Å². The zero-order valence-electron chi connectivity index (χ0n) is 11.4. The number of thioether (sulfide) groups is 1. The molecular formula is C13H22N2O3S. The Labute approximate surface area is 118 Å². The van der Waals surface area contributed by atoms with Gasteiger partial charge >= 0.3 is 12.0 Å². The lowest BCUT2D eigenvalue weighted by atomic mass is 9.86. The van der Waals surface area contributed by atoms with Crippen LogP contribution in [0.2, 0.25) is 0 Å². The van der Waals surface area contributed by atoms with Crippen LogP contribution in [0.4, 0.5) is 4.79 Å². The molecule has 5 nitrogen and oxygen atoms in total. The molecule has 1 aliphatic heterocycles. The number of hydrogen-bond donors (Lipinski definition) is 2. The van der Waals surface area contributed by atoms with E-state index in [1.165, 1.54) is 0 Å². The Morgan fingerprint density at radius 2 is 2.11 bits per heavy atom. The highest BCUT2D eigenvalue weighted by Gasteiger charge is 2.41. The molecule has 2 N–H and O–H groups in total. The lowest BCUT2D eigenvalue weighted by Crippen LogP contribution is -2.48. The predicted octanol–water partition coefficient (Wildman–Crippen LogP) is 1.78. The molecule has 2 amide bonds. The first kappa shape index (κ1) is 14.5. The number of carbonyl (C=O) groups excluding carboxylic acids is 1. The molecule has 2 aliphatic rings. The minimum atomic E-state index is -0.774. The fourth-order valence-electron chi connectivity index (χ4n) is 2.88. The van der Waals surface area contributed by atoms with E-state index in [-0.39, 0.29) is 18.6 Å². The molecule has 0 aromatic heterocycles. The van der Waals surface area contributed by atoms with Crippen molar-refractivity contribution in [3.63, 3.8) is 0 Å². The van der Waals surface area contributed by atoms with Crippen LogP contribution in [0.3, 0.4) is 0 Å². The zero-order chi connectivity index (χ0) is 13.9. The van der Waals surface area contributed by atoms with Gasteiger partial charge in [-0.15, -0.1) is 0 Å². The molecule has 1 saturated carbocycles. The van der Waals surface area contributed by atoms with Crippen molar-refractivity contribution in [1.82, 2.24) is 10.2 Å². The highest BCUT2D eigenvalue weighted by molar-refractivity contribution is 7.99. The Bertz CT molecular complexity index is 350. The number of carboxylic acids is 1. The number of hydrogen-bond acceptors (Lipinski definition) is 3. The molecule has 6 heteroatoms. The highest BCUT2D eigenvalue weighted by Crippen LogP contribution is 2.37. The summed E-state index contributed by atoms with van der Waals surface area (Å²) in [5.74, 6) is 1.30. The van der Waals surface area contributed by atoms with E-state index in [0.717, 1.165) is 30.8 Å². The second-order valence-corrected chi connectivity index (χ2v) is 6.73. The molecular weight excluding hydrogens is 264 g/mol. The molecule has 0 radical (unpaired) electrons. The highest BCUT2D eigenvalue weighted by atomic mass is 32.2. The average Bonchev–Trinajstić information content (AvgIpc) is 3.06. The third kappa shape index (κ3) is 3.16. The topological polar surface area (TPSA) is 69.6 Å². The number of urea groups is 1. The molecule has 2 rings (SSSR count). The Morgan fingerprint density at radius 3 is 2.63 bits per heavy atom. The van der Waals surface area contributed by atoms with E-state index in [2.05, 4.69) is 5.32 Å². The van der Waals surface area contributed by atoms with Crippen LogP contribution in [-0.4, -0.2) is 53.1 Å². The molecule has 1 saturated heterocycles. The van der Waals surface area contributed by atoms with Crippen LogP contribution >= 0.6 is 11.8 Å². The number of carbonyl (C=O) groups is 2. The molecule has 1 heterocycles. The summed E-state index contributed by atoms with van der Waals surface area (Å²) < 4.78 is 0. The fraction of sp³-hybridized carbons (Fsp3) is 0.846. The van der Waals surface area contributed by atoms with Crippen LogP contribution in [0.15, 0.2) is 0 Å². The molecule has 0 spiro atoms. The molecule has 0 aromatic rings. The Balaban J connectivity index is 1.86. The molecule has 2 fully saturated rings. The molecule has 108 valence electrons. The van der Waals surface area contributed by atoms with Gasteiger partial charge in [0.05, 0.1) is 5.41 Å². The molecule has 0 bridgehead atoms. The maximum atomic E-state index is 12.1. The van der Waals surface area contributed by atoms with Crippen molar-refractivity contribution in [1.29, 1.82) is 0 Å². The summed E-state index contributed by atoms with van der Waals surface area (Å²) in [6, 6.07) is 0.148. The first-order chi connectivity index (χ1) is 9.05. The van der Waals surface area contributed by atoms with Crippen molar-refractivity contribution in [2.24, 2.45) is 5.41 Å². The minimum Gasteiger partial charge on any atom is -0.481 e. The largest absolute Gasteiger partial charge is 0.481 e. The van der Waals surface area contributed by atoms with Gasteiger partial charge in [-0.2, -0.15) is 11.8 Å². The lowest BCUT2D eigenvalue weighted by Gasteiger charge is -2.28. The standard InChI is InChI=1S/C13H22N2O3S/c1-15(10-4-7-19-8-10)12(18)14-9-13(11(16)17)5-2-3-6-13/h10H,2-9H2,1H3,(H,14,18)(H,16,17). The van der Waals surface area contributed by atoms with Crippen molar-refractivity contribution < 1.29 is 14.7 Å². The second-order valence-electron chi connectivity index (χ2n) is 5.58. The van der Waals surface area contributed by atoms with E-state index >= 15 is 0 Å². The molecule has 1 aliphatic carbocycles. The number of rotatable bonds is 4. The van der Waals surface area contributed by atoms with Crippen LogP contribution in [0.1, 0.15) is 32.1 Å². The first-order valence-electron chi connectivity index (χ1n) is 6.87. The van der Waals surface area contributed by atoms with Gasteiger partial charge in [-0.1, -0.05) is 12.8 Å². The van der Waals surface area contributed by atoms with Crippen LogP contribution < -0.4 is 5.32 Å². The van der Waals surface area contributed by atoms with Gasteiger partial charge in [0, 0.05) is 25.4 Å². The summed E-state index contributed by atoms with van der Waals surface area (Å²) in [6.07, 6.45) is 4.25. The van der Waals surface area contributed by atoms with E-state index in [1.807, 2.05) is 11.8 Å². The Hall–Kier alpha value is -0.910. The molecule has 1 atom stereocenters. The summed E-state index contributed by atoms with van der Waals surface area (Å²) in [6.45, 7) is 0.255. The van der Waals surface area contributed by atoms with Gasteiger partial charge in [0.2, 0.25) is 0 Å². The maximum absolute atomic E-state index is 12.1. The smallest absolute Gasteiger partial charge is 0.317 e. The van der Waals surface area contributed by atoms with Crippen LogP contribution in [0.25, 0.3) is 0 Å². The van der Waals surface area contributed by atoms with Crippen molar-refractivity contribution >= 4 is 23.8 Å².